The Hall–Kier alpha value is -2.15. The zero-order valence-electron chi connectivity index (χ0n) is 12.2. The minimum absolute atomic E-state index is 0.0133. The largest absolute Gasteiger partial charge is 0.332 e. The lowest BCUT2D eigenvalue weighted by Gasteiger charge is -2.15. The van der Waals surface area contributed by atoms with Crippen LogP contribution in [0, 0.1) is 0 Å². The maximum Gasteiger partial charge on any atom is 0.264 e. The molecule has 0 spiro atoms. The SMILES string of the molecule is CC(C)c1cc(NC(=O)CN(C)C(=O)c2cccs2)n[nH]1. The average Bonchev–Trinajstić information content (AvgIpc) is 3.08. The molecule has 0 saturated heterocycles. The Labute approximate surface area is 127 Å². The van der Waals surface area contributed by atoms with E-state index < -0.39 is 0 Å². The molecule has 2 aromatic rings. The number of hydrogen-bond donors (Lipinski definition) is 2. The third-order valence-electron chi connectivity index (χ3n) is 2.95. The van der Waals surface area contributed by atoms with Crippen LogP contribution in [-0.4, -0.2) is 40.5 Å². The summed E-state index contributed by atoms with van der Waals surface area (Å²) in [6, 6.07) is 5.34. The van der Waals surface area contributed by atoms with Crippen molar-refractivity contribution in [2.24, 2.45) is 0 Å². The fourth-order valence-electron chi connectivity index (χ4n) is 1.75. The van der Waals surface area contributed by atoms with Crippen LogP contribution in [0.5, 0.6) is 0 Å². The summed E-state index contributed by atoms with van der Waals surface area (Å²) >= 11 is 1.36. The van der Waals surface area contributed by atoms with Crippen LogP contribution in [0.4, 0.5) is 5.82 Å². The summed E-state index contributed by atoms with van der Waals surface area (Å²) in [5.74, 6) is 0.348. The standard InChI is InChI=1S/C14H18N4O2S/c1-9(2)10-7-12(17-16-10)15-13(19)8-18(3)14(20)11-5-4-6-21-11/h4-7,9H,8H2,1-3H3,(H2,15,16,17,19). The highest BCUT2D eigenvalue weighted by molar-refractivity contribution is 7.12. The number of rotatable bonds is 5. The first-order valence-electron chi connectivity index (χ1n) is 6.61. The molecule has 112 valence electrons. The van der Waals surface area contributed by atoms with Gasteiger partial charge >= 0.3 is 0 Å². The van der Waals surface area contributed by atoms with Gasteiger partial charge < -0.3 is 10.2 Å². The van der Waals surface area contributed by atoms with Gasteiger partial charge in [0.15, 0.2) is 5.82 Å². The number of carbonyl (C=O) groups excluding carboxylic acids is 2. The van der Waals surface area contributed by atoms with Gasteiger partial charge in [-0.05, 0) is 17.4 Å². The molecular formula is C14H18N4O2S. The Kier molecular flexibility index (Phi) is 4.74. The highest BCUT2D eigenvalue weighted by atomic mass is 32.1. The molecule has 2 N–H and O–H groups in total. The van der Waals surface area contributed by atoms with E-state index in [2.05, 4.69) is 15.5 Å². The molecule has 0 unspecified atom stereocenters. The second kappa shape index (κ2) is 6.53. The molecule has 2 aromatic heterocycles. The van der Waals surface area contributed by atoms with Gasteiger partial charge in [-0.3, -0.25) is 14.7 Å². The normalized spacial score (nSPS) is 10.7. The van der Waals surface area contributed by atoms with E-state index in [0.717, 1.165) is 5.69 Å². The van der Waals surface area contributed by atoms with Crippen molar-refractivity contribution >= 4 is 29.0 Å². The molecule has 0 aromatic carbocycles. The van der Waals surface area contributed by atoms with E-state index in [1.54, 1.807) is 19.2 Å². The number of H-pyrrole nitrogens is 1. The van der Waals surface area contributed by atoms with Crippen LogP contribution in [0.15, 0.2) is 23.6 Å². The lowest BCUT2D eigenvalue weighted by atomic mass is 10.1. The van der Waals surface area contributed by atoms with Crippen LogP contribution in [0.2, 0.25) is 0 Å². The monoisotopic (exact) mass is 306 g/mol. The van der Waals surface area contributed by atoms with Crippen molar-refractivity contribution < 1.29 is 9.59 Å². The number of aromatic nitrogens is 2. The third kappa shape index (κ3) is 3.91. The molecule has 0 radical (unpaired) electrons. The number of nitrogens with one attached hydrogen (secondary N) is 2. The Balaban J connectivity index is 1.90. The van der Waals surface area contributed by atoms with E-state index in [4.69, 9.17) is 0 Å². The molecule has 2 heterocycles. The van der Waals surface area contributed by atoms with E-state index in [9.17, 15) is 9.59 Å². The van der Waals surface area contributed by atoms with E-state index in [-0.39, 0.29) is 18.4 Å². The smallest absolute Gasteiger partial charge is 0.264 e. The minimum atomic E-state index is -0.274. The third-order valence-corrected chi connectivity index (χ3v) is 3.80. The minimum Gasteiger partial charge on any atom is -0.332 e. The van der Waals surface area contributed by atoms with Crippen molar-refractivity contribution in [2.45, 2.75) is 19.8 Å². The van der Waals surface area contributed by atoms with Crippen molar-refractivity contribution in [3.05, 3.63) is 34.2 Å². The number of hydrogen-bond acceptors (Lipinski definition) is 4. The molecule has 0 fully saturated rings. The van der Waals surface area contributed by atoms with Gasteiger partial charge in [0.25, 0.3) is 5.91 Å². The van der Waals surface area contributed by atoms with Crippen LogP contribution >= 0.6 is 11.3 Å². The van der Waals surface area contributed by atoms with Crippen molar-refractivity contribution in [3.63, 3.8) is 0 Å². The molecule has 0 aliphatic carbocycles. The summed E-state index contributed by atoms with van der Waals surface area (Å²) < 4.78 is 0. The first kappa shape index (κ1) is 15.2. The Morgan fingerprint density at radius 1 is 1.48 bits per heavy atom. The van der Waals surface area contributed by atoms with Crippen molar-refractivity contribution in [1.29, 1.82) is 0 Å². The average molecular weight is 306 g/mol. The van der Waals surface area contributed by atoms with Gasteiger partial charge in [0.05, 0.1) is 11.4 Å². The maximum atomic E-state index is 12.0. The van der Waals surface area contributed by atoms with Crippen molar-refractivity contribution in [2.75, 3.05) is 18.9 Å². The van der Waals surface area contributed by atoms with E-state index in [1.165, 1.54) is 16.2 Å². The van der Waals surface area contributed by atoms with Crippen LogP contribution in [0.25, 0.3) is 0 Å². The molecule has 0 aliphatic rings. The Morgan fingerprint density at radius 2 is 2.24 bits per heavy atom. The molecule has 0 bridgehead atoms. The fraction of sp³-hybridized carbons (Fsp3) is 0.357. The molecule has 6 nitrogen and oxygen atoms in total. The van der Waals surface area contributed by atoms with Gasteiger partial charge in [-0.1, -0.05) is 19.9 Å². The van der Waals surface area contributed by atoms with Gasteiger partial charge in [0.2, 0.25) is 5.91 Å². The maximum absolute atomic E-state index is 12.0. The number of thiophene rings is 1. The molecule has 21 heavy (non-hydrogen) atoms. The molecule has 0 saturated carbocycles. The van der Waals surface area contributed by atoms with Gasteiger partial charge in [0, 0.05) is 18.8 Å². The summed E-state index contributed by atoms with van der Waals surface area (Å²) in [6.07, 6.45) is 0. The predicted molar refractivity (Wildman–Crippen MR) is 82.6 cm³/mol. The topological polar surface area (TPSA) is 78.1 Å². The zero-order chi connectivity index (χ0) is 15.4. The number of carbonyl (C=O) groups is 2. The lowest BCUT2D eigenvalue weighted by Crippen LogP contribution is -2.34. The summed E-state index contributed by atoms with van der Waals surface area (Å²) in [5, 5.41) is 11.4. The van der Waals surface area contributed by atoms with Crippen LogP contribution in [-0.2, 0) is 4.79 Å². The van der Waals surface area contributed by atoms with Crippen LogP contribution < -0.4 is 5.32 Å². The second-order valence-electron chi connectivity index (χ2n) is 5.05. The highest BCUT2D eigenvalue weighted by Crippen LogP contribution is 2.15. The van der Waals surface area contributed by atoms with E-state index >= 15 is 0 Å². The van der Waals surface area contributed by atoms with Gasteiger partial charge in [-0.25, -0.2) is 0 Å². The Morgan fingerprint density at radius 3 is 2.81 bits per heavy atom. The molecule has 7 heteroatoms. The number of anilines is 1. The van der Waals surface area contributed by atoms with E-state index in [0.29, 0.717) is 16.6 Å². The fourth-order valence-corrected chi connectivity index (χ4v) is 2.47. The number of amides is 2. The number of aromatic amines is 1. The first-order chi connectivity index (χ1) is 9.97. The zero-order valence-corrected chi connectivity index (χ0v) is 13.0. The number of nitrogens with zero attached hydrogens (tertiary/aromatic N) is 2. The molecule has 2 amide bonds. The van der Waals surface area contributed by atoms with Crippen LogP contribution in [0.1, 0.15) is 35.1 Å². The second-order valence-corrected chi connectivity index (χ2v) is 6.00. The first-order valence-corrected chi connectivity index (χ1v) is 7.49. The molecular weight excluding hydrogens is 288 g/mol. The quantitative estimate of drug-likeness (QED) is 0.889. The molecule has 0 atom stereocenters. The van der Waals surface area contributed by atoms with E-state index in [1.807, 2.05) is 25.3 Å². The molecule has 2 rings (SSSR count). The molecule has 0 aliphatic heterocycles. The van der Waals surface area contributed by atoms with Gasteiger partial charge in [-0.15, -0.1) is 11.3 Å². The van der Waals surface area contributed by atoms with Gasteiger partial charge in [0.1, 0.15) is 0 Å². The van der Waals surface area contributed by atoms with Crippen LogP contribution in [0.3, 0.4) is 0 Å². The van der Waals surface area contributed by atoms with Crippen molar-refractivity contribution in [1.82, 2.24) is 15.1 Å². The summed E-state index contributed by atoms with van der Waals surface area (Å²) in [5.41, 5.74) is 0.952. The predicted octanol–water partition coefficient (Wildman–Crippen LogP) is 2.31. The number of likely N-dealkylation sites (N-methyl/N-ethyl adjacent to an activating group) is 1. The summed E-state index contributed by atoms with van der Waals surface area (Å²) in [4.78, 5) is 25.9. The Bertz CT molecular complexity index is 619. The summed E-state index contributed by atoms with van der Waals surface area (Å²) in [6.45, 7) is 4.06. The highest BCUT2D eigenvalue weighted by Gasteiger charge is 2.16. The van der Waals surface area contributed by atoms with Crippen molar-refractivity contribution in [3.8, 4) is 0 Å². The van der Waals surface area contributed by atoms with Gasteiger partial charge in [-0.2, -0.15) is 5.10 Å². The summed E-state index contributed by atoms with van der Waals surface area (Å²) in [7, 11) is 1.60. The lowest BCUT2D eigenvalue weighted by molar-refractivity contribution is -0.116.